The zero-order valence-corrected chi connectivity index (χ0v) is 5.14. The van der Waals surface area contributed by atoms with Crippen molar-refractivity contribution in [2.24, 2.45) is 15.9 Å². The molecule has 4 N–H and O–H groups in total. The van der Waals surface area contributed by atoms with Crippen LogP contribution >= 0.6 is 0 Å². The molecule has 0 aliphatic heterocycles. The van der Waals surface area contributed by atoms with Crippen LogP contribution in [0.1, 0.15) is 0 Å². The minimum atomic E-state index is -3.39. The van der Waals surface area contributed by atoms with E-state index in [1.54, 1.807) is 0 Å². The SMILES string of the molecule is CS(=O)(=O)N=C(N)N. The molecule has 0 heterocycles. The predicted molar refractivity (Wildman–Crippen MR) is 30.7 cm³/mol. The van der Waals surface area contributed by atoms with Gasteiger partial charge in [-0.1, -0.05) is 0 Å². The molecule has 6 heteroatoms. The van der Waals surface area contributed by atoms with Crippen molar-refractivity contribution in [2.75, 3.05) is 6.26 Å². The molecule has 0 unspecified atom stereocenters. The lowest BCUT2D eigenvalue weighted by atomic mass is 11.1. The molecule has 0 radical (unpaired) electrons. The summed E-state index contributed by atoms with van der Waals surface area (Å²) in [4.78, 5) is 0. The molecular weight excluding hydrogens is 130 g/mol. The number of hydrogen-bond acceptors (Lipinski definition) is 2. The first kappa shape index (κ1) is 7.22. The van der Waals surface area contributed by atoms with Crippen molar-refractivity contribution in [2.45, 2.75) is 0 Å². The summed E-state index contributed by atoms with van der Waals surface area (Å²) >= 11 is 0. The van der Waals surface area contributed by atoms with E-state index in [1.165, 1.54) is 0 Å². The number of sulfonamides is 1. The maximum Gasteiger partial charge on any atom is 0.253 e. The van der Waals surface area contributed by atoms with Crippen molar-refractivity contribution in [3.8, 4) is 0 Å². The van der Waals surface area contributed by atoms with Gasteiger partial charge in [0, 0.05) is 0 Å². The molecule has 0 aromatic heterocycles. The van der Waals surface area contributed by atoms with Gasteiger partial charge in [0.25, 0.3) is 10.0 Å². The summed E-state index contributed by atoms with van der Waals surface area (Å²) in [6.07, 6.45) is 0.909. The minimum absolute atomic E-state index is 0.437. The molecule has 0 spiro atoms. The molecular formula is C2H7N3O2S. The Morgan fingerprint density at radius 2 is 1.88 bits per heavy atom. The Morgan fingerprint density at radius 1 is 1.50 bits per heavy atom. The Morgan fingerprint density at radius 3 is 1.88 bits per heavy atom. The number of nitrogens with zero attached hydrogens (tertiary/aromatic N) is 1. The van der Waals surface area contributed by atoms with E-state index >= 15 is 0 Å². The molecule has 0 atom stereocenters. The molecule has 8 heavy (non-hydrogen) atoms. The van der Waals surface area contributed by atoms with Crippen molar-refractivity contribution >= 4 is 16.0 Å². The molecule has 0 fully saturated rings. The average molecular weight is 137 g/mol. The van der Waals surface area contributed by atoms with Gasteiger partial charge < -0.3 is 11.5 Å². The van der Waals surface area contributed by atoms with Crippen LogP contribution in [-0.2, 0) is 10.0 Å². The fourth-order valence-electron chi connectivity index (χ4n) is 0.191. The zero-order chi connectivity index (χ0) is 6.78. The first-order chi connectivity index (χ1) is 3.42. The van der Waals surface area contributed by atoms with Crippen LogP contribution in [0.2, 0.25) is 0 Å². The van der Waals surface area contributed by atoms with Gasteiger partial charge in [-0.3, -0.25) is 0 Å². The van der Waals surface area contributed by atoms with E-state index in [4.69, 9.17) is 11.5 Å². The Labute approximate surface area is 47.4 Å². The van der Waals surface area contributed by atoms with E-state index in [1.807, 2.05) is 0 Å². The third kappa shape index (κ3) is 5.22. The van der Waals surface area contributed by atoms with Crippen LogP contribution < -0.4 is 11.5 Å². The van der Waals surface area contributed by atoms with Gasteiger partial charge in [0.2, 0.25) is 5.96 Å². The third-order valence-electron chi connectivity index (χ3n) is 0.271. The Hall–Kier alpha value is -0.780. The maximum absolute atomic E-state index is 10.1. The van der Waals surface area contributed by atoms with Crippen LogP contribution in [0.15, 0.2) is 4.40 Å². The molecule has 0 amide bonds. The molecule has 48 valence electrons. The second-order valence-electron chi connectivity index (χ2n) is 1.25. The highest BCUT2D eigenvalue weighted by atomic mass is 32.2. The maximum atomic E-state index is 10.1. The van der Waals surface area contributed by atoms with Crippen molar-refractivity contribution in [3.63, 3.8) is 0 Å². The first-order valence-electron chi connectivity index (χ1n) is 1.73. The topological polar surface area (TPSA) is 98.5 Å². The third-order valence-corrected chi connectivity index (χ3v) is 0.814. The van der Waals surface area contributed by atoms with Crippen LogP contribution in [0.25, 0.3) is 0 Å². The van der Waals surface area contributed by atoms with Gasteiger partial charge in [0.05, 0.1) is 6.26 Å². The molecule has 0 saturated carbocycles. The molecule has 5 nitrogen and oxygen atoms in total. The van der Waals surface area contributed by atoms with Crippen LogP contribution in [0, 0.1) is 0 Å². The quantitative estimate of drug-likeness (QED) is 0.329. The van der Waals surface area contributed by atoms with Crippen molar-refractivity contribution in [1.82, 2.24) is 0 Å². The van der Waals surface area contributed by atoms with Crippen molar-refractivity contribution < 1.29 is 8.42 Å². The second kappa shape index (κ2) is 1.99. The molecule has 0 aromatic rings. The van der Waals surface area contributed by atoms with Crippen LogP contribution in [0.3, 0.4) is 0 Å². The van der Waals surface area contributed by atoms with Crippen LogP contribution in [0.5, 0.6) is 0 Å². The van der Waals surface area contributed by atoms with E-state index in [0.29, 0.717) is 0 Å². The van der Waals surface area contributed by atoms with Crippen LogP contribution in [0.4, 0.5) is 0 Å². The minimum Gasteiger partial charge on any atom is -0.369 e. The Bertz CT molecular complexity index is 187. The largest absolute Gasteiger partial charge is 0.369 e. The van der Waals surface area contributed by atoms with Gasteiger partial charge in [0.1, 0.15) is 0 Å². The summed E-state index contributed by atoms with van der Waals surface area (Å²) in [5.41, 5.74) is 9.45. The summed E-state index contributed by atoms with van der Waals surface area (Å²) in [7, 11) is -3.39. The summed E-state index contributed by atoms with van der Waals surface area (Å²) in [5.74, 6) is -0.437. The summed E-state index contributed by atoms with van der Waals surface area (Å²) in [5, 5.41) is 0. The highest BCUT2D eigenvalue weighted by Gasteiger charge is 1.93. The van der Waals surface area contributed by atoms with Crippen molar-refractivity contribution in [1.29, 1.82) is 0 Å². The highest BCUT2D eigenvalue weighted by molar-refractivity contribution is 7.89. The van der Waals surface area contributed by atoms with Gasteiger partial charge in [-0.2, -0.15) is 0 Å². The molecule has 0 aliphatic carbocycles. The zero-order valence-electron chi connectivity index (χ0n) is 4.33. The van der Waals surface area contributed by atoms with E-state index < -0.39 is 16.0 Å². The summed E-state index contributed by atoms with van der Waals surface area (Å²) < 4.78 is 23.0. The van der Waals surface area contributed by atoms with E-state index in [2.05, 4.69) is 4.40 Å². The fraction of sp³-hybridized carbons (Fsp3) is 0.500. The Kier molecular flexibility index (Phi) is 1.80. The fourth-order valence-corrected chi connectivity index (χ4v) is 0.574. The van der Waals surface area contributed by atoms with Gasteiger partial charge in [-0.15, -0.1) is 4.40 Å². The molecule has 0 bridgehead atoms. The number of hydrogen-bond donors (Lipinski definition) is 2. The van der Waals surface area contributed by atoms with Crippen molar-refractivity contribution in [3.05, 3.63) is 0 Å². The lowest BCUT2D eigenvalue weighted by Crippen LogP contribution is -2.23. The molecule has 0 aliphatic rings. The van der Waals surface area contributed by atoms with E-state index in [0.717, 1.165) is 6.26 Å². The molecule has 0 aromatic carbocycles. The van der Waals surface area contributed by atoms with Crippen LogP contribution in [-0.4, -0.2) is 20.6 Å². The lowest BCUT2D eigenvalue weighted by molar-refractivity contribution is 0.603. The molecule has 0 rings (SSSR count). The monoisotopic (exact) mass is 137 g/mol. The number of nitrogens with two attached hydrogens (primary N) is 2. The van der Waals surface area contributed by atoms with E-state index in [-0.39, 0.29) is 0 Å². The standard InChI is InChI=1S/C2H7N3O2S/c1-8(6,7)5-2(3)4/h1H3,(H4,3,4,5). The lowest BCUT2D eigenvalue weighted by Gasteiger charge is -1.85. The summed E-state index contributed by atoms with van der Waals surface area (Å²) in [6, 6.07) is 0. The van der Waals surface area contributed by atoms with Gasteiger partial charge >= 0.3 is 0 Å². The first-order valence-corrected chi connectivity index (χ1v) is 3.57. The van der Waals surface area contributed by atoms with Gasteiger partial charge in [-0.05, 0) is 0 Å². The summed E-state index contributed by atoms with van der Waals surface area (Å²) in [6.45, 7) is 0. The highest BCUT2D eigenvalue weighted by Crippen LogP contribution is 1.79. The average Bonchev–Trinajstić information content (AvgIpc) is 1.21. The number of guanidine groups is 1. The number of rotatable bonds is 1. The normalized spacial score (nSPS) is 10.6. The smallest absolute Gasteiger partial charge is 0.253 e. The predicted octanol–water partition coefficient (Wildman–Crippen LogP) is -1.78. The van der Waals surface area contributed by atoms with Gasteiger partial charge in [0.15, 0.2) is 0 Å². The Balaban J connectivity index is 4.36. The molecule has 0 saturated heterocycles. The van der Waals surface area contributed by atoms with Gasteiger partial charge in [-0.25, -0.2) is 8.42 Å². The van der Waals surface area contributed by atoms with E-state index in [9.17, 15) is 8.42 Å². The second-order valence-corrected chi connectivity index (χ2v) is 2.90.